The van der Waals surface area contributed by atoms with E-state index in [0.717, 1.165) is 12.1 Å². The molecule has 5 heteroatoms. The molecule has 0 radical (unpaired) electrons. The zero-order chi connectivity index (χ0) is 12.4. The lowest BCUT2D eigenvalue weighted by atomic mass is 10.1. The summed E-state index contributed by atoms with van der Waals surface area (Å²) in [5.74, 6) is 0.369. The first-order valence-electron chi connectivity index (χ1n) is 4.76. The summed E-state index contributed by atoms with van der Waals surface area (Å²) < 4.78 is 36.8. The summed E-state index contributed by atoms with van der Waals surface area (Å²) in [6, 6.07) is 4.90. The number of anilines is 1. The number of alkyl halides is 4. The van der Waals surface area contributed by atoms with Crippen LogP contribution in [0.15, 0.2) is 24.3 Å². The summed E-state index contributed by atoms with van der Waals surface area (Å²) in [5.41, 5.74) is -0.373. The van der Waals surface area contributed by atoms with Gasteiger partial charge in [-0.05, 0) is 38.1 Å². The van der Waals surface area contributed by atoms with E-state index in [1.54, 1.807) is 0 Å². The summed E-state index contributed by atoms with van der Waals surface area (Å²) in [6.45, 7) is 3.75. The van der Waals surface area contributed by atoms with E-state index in [1.807, 2.05) is 13.8 Å². The van der Waals surface area contributed by atoms with Crippen LogP contribution in [0.1, 0.15) is 19.4 Å². The smallest absolute Gasteiger partial charge is 0.379 e. The first kappa shape index (κ1) is 13.2. The fraction of sp³-hybridized carbons (Fsp3) is 0.455. The zero-order valence-corrected chi connectivity index (χ0v) is 9.78. The maximum Gasteiger partial charge on any atom is 0.416 e. The van der Waals surface area contributed by atoms with E-state index in [2.05, 4.69) is 5.32 Å². The van der Waals surface area contributed by atoms with Crippen molar-refractivity contribution in [2.24, 2.45) is 0 Å². The normalized spacial score (nSPS) is 12.6. The molecule has 0 amide bonds. The topological polar surface area (TPSA) is 12.0 Å². The molecular weight excluding hydrogens is 239 g/mol. The van der Waals surface area contributed by atoms with Crippen molar-refractivity contribution in [3.05, 3.63) is 29.8 Å². The SMILES string of the molecule is CC(C)(CCl)Nc1ccc(C(F)(F)F)cc1. The first-order valence-corrected chi connectivity index (χ1v) is 5.29. The summed E-state index contributed by atoms with van der Waals surface area (Å²) in [6.07, 6.45) is -4.29. The van der Waals surface area contributed by atoms with Crippen molar-refractivity contribution in [3.63, 3.8) is 0 Å². The summed E-state index contributed by atoms with van der Waals surface area (Å²) in [5, 5.41) is 3.05. The minimum Gasteiger partial charge on any atom is -0.379 e. The maximum absolute atomic E-state index is 12.3. The van der Waals surface area contributed by atoms with Crippen LogP contribution in [-0.4, -0.2) is 11.4 Å². The van der Waals surface area contributed by atoms with Gasteiger partial charge >= 0.3 is 6.18 Å². The average molecular weight is 252 g/mol. The third-order valence-corrected chi connectivity index (χ3v) is 2.70. The van der Waals surface area contributed by atoms with Gasteiger partial charge in [0.15, 0.2) is 0 Å². The minimum atomic E-state index is -4.29. The summed E-state index contributed by atoms with van der Waals surface area (Å²) >= 11 is 5.70. The van der Waals surface area contributed by atoms with Crippen molar-refractivity contribution in [1.82, 2.24) is 0 Å². The third kappa shape index (κ3) is 3.59. The first-order chi connectivity index (χ1) is 7.24. The lowest BCUT2D eigenvalue weighted by Crippen LogP contribution is -2.32. The van der Waals surface area contributed by atoms with Crippen LogP contribution in [0.3, 0.4) is 0 Å². The second-order valence-corrected chi connectivity index (χ2v) is 4.48. The Kier molecular flexibility index (Phi) is 3.73. The Labute approximate surface area is 97.6 Å². The van der Waals surface area contributed by atoms with Crippen molar-refractivity contribution in [1.29, 1.82) is 0 Å². The van der Waals surface area contributed by atoms with Crippen LogP contribution >= 0.6 is 11.6 Å². The molecule has 0 aliphatic carbocycles. The van der Waals surface area contributed by atoms with Gasteiger partial charge in [0.1, 0.15) is 0 Å². The molecule has 0 fully saturated rings. The molecule has 0 unspecified atom stereocenters. The molecule has 1 rings (SSSR count). The van der Waals surface area contributed by atoms with E-state index in [-0.39, 0.29) is 5.54 Å². The molecule has 0 atom stereocenters. The Bertz CT molecular complexity index is 343. The van der Waals surface area contributed by atoms with Crippen LogP contribution in [-0.2, 0) is 6.18 Å². The van der Waals surface area contributed by atoms with Gasteiger partial charge in [0.2, 0.25) is 0 Å². The molecule has 0 aliphatic rings. The minimum absolute atomic E-state index is 0.346. The van der Waals surface area contributed by atoms with E-state index < -0.39 is 11.7 Å². The predicted octanol–water partition coefficient (Wildman–Crippen LogP) is 4.13. The van der Waals surface area contributed by atoms with Gasteiger partial charge in [-0.15, -0.1) is 11.6 Å². The molecule has 1 nitrogen and oxygen atoms in total. The van der Waals surface area contributed by atoms with Gasteiger partial charge in [-0.25, -0.2) is 0 Å². The van der Waals surface area contributed by atoms with Crippen molar-refractivity contribution in [3.8, 4) is 0 Å². The van der Waals surface area contributed by atoms with E-state index in [0.29, 0.717) is 11.6 Å². The van der Waals surface area contributed by atoms with E-state index in [4.69, 9.17) is 11.6 Å². The Balaban J connectivity index is 2.80. The Morgan fingerprint density at radius 3 is 2.00 bits per heavy atom. The van der Waals surface area contributed by atoms with Crippen molar-refractivity contribution in [2.45, 2.75) is 25.6 Å². The number of hydrogen-bond donors (Lipinski definition) is 1. The number of hydrogen-bond acceptors (Lipinski definition) is 1. The van der Waals surface area contributed by atoms with Gasteiger partial charge in [0.05, 0.1) is 5.56 Å². The van der Waals surface area contributed by atoms with Crippen LogP contribution in [0.2, 0.25) is 0 Å². The molecule has 0 spiro atoms. The van der Waals surface area contributed by atoms with Gasteiger partial charge in [-0.1, -0.05) is 0 Å². The monoisotopic (exact) mass is 251 g/mol. The highest BCUT2D eigenvalue weighted by Crippen LogP contribution is 2.30. The maximum atomic E-state index is 12.3. The molecule has 0 bridgehead atoms. The summed E-state index contributed by atoms with van der Waals surface area (Å²) in [4.78, 5) is 0. The average Bonchev–Trinajstić information content (AvgIpc) is 2.16. The van der Waals surface area contributed by atoms with Crippen molar-refractivity contribution in [2.75, 3.05) is 11.2 Å². The van der Waals surface area contributed by atoms with Crippen LogP contribution in [0.25, 0.3) is 0 Å². The highest BCUT2D eigenvalue weighted by atomic mass is 35.5. The van der Waals surface area contributed by atoms with Gasteiger partial charge in [-0.2, -0.15) is 13.2 Å². The number of benzene rings is 1. The van der Waals surface area contributed by atoms with E-state index in [1.165, 1.54) is 12.1 Å². The molecule has 0 heterocycles. The summed E-state index contributed by atoms with van der Waals surface area (Å²) in [7, 11) is 0. The second-order valence-electron chi connectivity index (χ2n) is 4.22. The molecule has 90 valence electrons. The lowest BCUT2D eigenvalue weighted by molar-refractivity contribution is -0.137. The molecule has 0 aliphatic heterocycles. The van der Waals surface area contributed by atoms with E-state index >= 15 is 0 Å². The number of rotatable bonds is 3. The molecule has 0 saturated heterocycles. The Morgan fingerprint density at radius 2 is 1.62 bits per heavy atom. The molecule has 1 N–H and O–H groups in total. The van der Waals surface area contributed by atoms with Crippen LogP contribution in [0, 0.1) is 0 Å². The van der Waals surface area contributed by atoms with Crippen LogP contribution in [0.5, 0.6) is 0 Å². The fourth-order valence-corrected chi connectivity index (χ4v) is 1.23. The molecule has 0 aromatic heterocycles. The Hall–Kier alpha value is -0.900. The largest absolute Gasteiger partial charge is 0.416 e. The van der Waals surface area contributed by atoms with Crippen LogP contribution in [0.4, 0.5) is 18.9 Å². The molecule has 16 heavy (non-hydrogen) atoms. The molecule has 0 saturated carbocycles. The number of nitrogens with one attached hydrogen (secondary N) is 1. The number of halogens is 4. The lowest BCUT2D eigenvalue weighted by Gasteiger charge is -2.24. The standard InChI is InChI=1S/C11H13ClF3N/c1-10(2,7-12)16-9-5-3-8(4-6-9)11(13,14)15/h3-6,16H,7H2,1-2H3. The van der Waals surface area contributed by atoms with Gasteiger partial charge < -0.3 is 5.32 Å². The van der Waals surface area contributed by atoms with E-state index in [9.17, 15) is 13.2 Å². The second kappa shape index (κ2) is 4.53. The highest BCUT2D eigenvalue weighted by Gasteiger charge is 2.30. The Morgan fingerprint density at radius 1 is 1.12 bits per heavy atom. The van der Waals surface area contributed by atoms with Crippen LogP contribution < -0.4 is 5.32 Å². The van der Waals surface area contributed by atoms with Gasteiger partial charge in [0, 0.05) is 17.1 Å². The predicted molar refractivity (Wildman–Crippen MR) is 59.9 cm³/mol. The molecule has 1 aromatic carbocycles. The zero-order valence-electron chi connectivity index (χ0n) is 9.03. The van der Waals surface area contributed by atoms with Crippen molar-refractivity contribution < 1.29 is 13.2 Å². The molecule has 1 aromatic rings. The van der Waals surface area contributed by atoms with Gasteiger partial charge in [-0.3, -0.25) is 0 Å². The van der Waals surface area contributed by atoms with Gasteiger partial charge in [0.25, 0.3) is 0 Å². The highest BCUT2D eigenvalue weighted by molar-refractivity contribution is 6.18. The third-order valence-electron chi connectivity index (χ3n) is 2.03. The van der Waals surface area contributed by atoms with Crippen molar-refractivity contribution >= 4 is 17.3 Å². The fourth-order valence-electron chi connectivity index (χ4n) is 1.17. The quantitative estimate of drug-likeness (QED) is 0.797. The molecular formula is C11H13ClF3N.